The van der Waals surface area contributed by atoms with Crippen LogP contribution in [-0.4, -0.2) is 39.1 Å². The fraction of sp³-hybridized carbons (Fsp3) is 0.529. The molecule has 0 atom stereocenters. The lowest BCUT2D eigenvalue weighted by Crippen LogP contribution is -2.26. The smallest absolute Gasteiger partial charge is 0.406 e. The van der Waals surface area contributed by atoms with E-state index in [0.717, 1.165) is 43.3 Å². The van der Waals surface area contributed by atoms with Crippen LogP contribution in [-0.2, 0) is 19.5 Å². The van der Waals surface area contributed by atoms with Crippen LogP contribution in [0, 0.1) is 0 Å². The molecule has 4 rings (SSSR count). The highest BCUT2D eigenvalue weighted by atomic mass is 19.4. The van der Waals surface area contributed by atoms with E-state index in [4.69, 9.17) is 0 Å². The average molecular weight is 352 g/mol. The van der Waals surface area contributed by atoms with E-state index in [2.05, 4.69) is 19.7 Å². The van der Waals surface area contributed by atoms with Gasteiger partial charge in [-0.3, -0.25) is 4.90 Å². The number of alkyl halides is 3. The van der Waals surface area contributed by atoms with Crippen molar-refractivity contribution in [3.63, 3.8) is 0 Å². The molecule has 1 fully saturated rings. The van der Waals surface area contributed by atoms with E-state index >= 15 is 0 Å². The summed E-state index contributed by atoms with van der Waals surface area (Å²) in [6.07, 6.45) is -1.49. The second-order valence-electron chi connectivity index (χ2n) is 6.61. The lowest BCUT2D eigenvalue weighted by atomic mass is 10.2. The molecule has 2 heterocycles. The zero-order valence-electron chi connectivity index (χ0n) is 13.7. The fourth-order valence-electron chi connectivity index (χ4n) is 3.14. The molecule has 1 aromatic heterocycles. The highest BCUT2D eigenvalue weighted by molar-refractivity contribution is 5.28. The fourth-order valence-corrected chi connectivity index (χ4v) is 3.14. The van der Waals surface area contributed by atoms with Crippen LogP contribution in [0.5, 0.6) is 5.75 Å². The molecule has 25 heavy (non-hydrogen) atoms. The molecule has 0 saturated heterocycles. The highest BCUT2D eigenvalue weighted by Crippen LogP contribution is 2.38. The first-order valence-electron chi connectivity index (χ1n) is 8.47. The summed E-state index contributed by atoms with van der Waals surface area (Å²) in [7, 11) is 0. The van der Waals surface area contributed by atoms with Crippen molar-refractivity contribution >= 4 is 0 Å². The molecule has 2 aromatic rings. The van der Waals surface area contributed by atoms with Gasteiger partial charge in [0.1, 0.15) is 11.6 Å². The number of aromatic nitrogens is 3. The Hall–Kier alpha value is -2.09. The summed E-state index contributed by atoms with van der Waals surface area (Å²) in [6.45, 7) is 2.95. The van der Waals surface area contributed by atoms with E-state index in [-0.39, 0.29) is 5.75 Å². The van der Waals surface area contributed by atoms with Gasteiger partial charge in [0, 0.05) is 32.0 Å². The maximum atomic E-state index is 12.3. The molecule has 1 aliphatic heterocycles. The largest absolute Gasteiger partial charge is 0.573 e. The second kappa shape index (κ2) is 6.33. The Labute approximate surface area is 143 Å². The SMILES string of the molecule is FC(F)(F)Oc1cccc(CN2CCc3nc(C4CC4)nn3CC2)c1. The standard InChI is InChI=1S/C17H19F3N4O/c18-17(19,20)25-14-3-1-2-12(10-14)11-23-7-6-15-21-16(13-4-5-13)22-24(15)9-8-23/h1-3,10,13H,4-9,11H2. The van der Waals surface area contributed by atoms with Crippen molar-refractivity contribution in [2.24, 2.45) is 0 Å². The maximum absolute atomic E-state index is 12.3. The Bertz CT molecular complexity index is 729. The first-order chi connectivity index (χ1) is 12.0. The van der Waals surface area contributed by atoms with Crippen LogP contribution in [0.15, 0.2) is 24.3 Å². The molecule has 0 unspecified atom stereocenters. The summed E-state index contributed by atoms with van der Waals surface area (Å²) < 4.78 is 43.0. The molecule has 1 saturated carbocycles. The van der Waals surface area contributed by atoms with E-state index in [9.17, 15) is 13.2 Å². The Morgan fingerprint density at radius 3 is 2.76 bits per heavy atom. The highest BCUT2D eigenvalue weighted by Gasteiger charge is 2.31. The maximum Gasteiger partial charge on any atom is 0.573 e. The molecule has 0 N–H and O–H groups in total. The summed E-state index contributed by atoms with van der Waals surface area (Å²) in [6, 6.07) is 6.16. The van der Waals surface area contributed by atoms with Gasteiger partial charge in [-0.15, -0.1) is 13.2 Å². The summed E-state index contributed by atoms with van der Waals surface area (Å²) >= 11 is 0. The van der Waals surface area contributed by atoms with Crippen molar-refractivity contribution in [1.82, 2.24) is 19.7 Å². The van der Waals surface area contributed by atoms with E-state index < -0.39 is 6.36 Å². The Balaban J connectivity index is 1.39. The number of hydrogen-bond donors (Lipinski definition) is 0. The molecular formula is C17H19F3N4O. The van der Waals surface area contributed by atoms with E-state index in [0.29, 0.717) is 12.5 Å². The molecule has 1 aromatic carbocycles. The number of fused-ring (bicyclic) bond motifs is 1. The quantitative estimate of drug-likeness (QED) is 0.848. The van der Waals surface area contributed by atoms with Crippen LogP contribution in [0.1, 0.15) is 36.0 Å². The minimum Gasteiger partial charge on any atom is -0.406 e. The second-order valence-corrected chi connectivity index (χ2v) is 6.61. The number of rotatable bonds is 4. The number of benzene rings is 1. The average Bonchev–Trinajstić information content (AvgIpc) is 3.32. The minimum atomic E-state index is -4.67. The van der Waals surface area contributed by atoms with Crippen LogP contribution in [0.2, 0.25) is 0 Å². The van der Waals surface area contributed by atoms with Gasteiger partial charge in [0.25, 0.3) is 0 Å². The molecule has 134 valence electrons. The summed E-state index contributed by atoms with van der Waals surface area (Å²) in [4.78, 5) is 6.86. The molecule has 0 amide bonds. The first kappa shape index (κ1) is 16.4. The van der Waals surface area contributed by atoms with Gasteiger partial charge < -0.3 is 4.74 Å². The van der Waals surface area contributed by atoms with Crippen molar-refractivity contribution in [3.8, 4) is 5.75 Å². The van der Waals surface area contributed by atoms with Crippen LogP contribution in [0.4, 0.5) is 13.2 Å². The van der Waals surface area contributed by atoms with Gasteiger partial charge in [0.15, 0.2) is 5.82 Å². The van der Waals surface area contributed by atoms with E-state index in [1.54, 1.807) is 6.07 Å². The van der Waals surface area contributed by atoms with Gasteiger partial charge in [-0.2, -0.15) is 5.10 Å². The Morgan fingerprint density at radius 1 is 1.16 bits per heavy atom. The van der Waals surface area contributed by atoms with E-state index in [1.165, 1.54) is 25.0 Å². The first-order valence-corrected chi connectivity index (χ1v) is 8.47. The van der Waals surface area contributed by atoms with Gasteiger partial charge in [-0.1, -0.05) is 12.1 Å². The molecule has 0 bridgehead atoms. The predicted molar refractivity (Wildman–Crippen MR) is 84.1 cm³/mol. The lowest BCUT2D eigenvalue weighted by Gasteiger charge is -2.20. The third-order valence-corrected chi connectivity index (χ3v) is 4.53. The normalized spacial score (nSPS) is 18.7. The molecule has 1 aliphatic carbocycles. The number of ether oxygens (including phenoxy) is 1. The van der Waals surface area contributed by atoms with Crippen LogP contribution in [0.25, 0.3) is 0 Å². The molecular weight excluding hydrogens is 333 g/mol. The van der Waals surface area contributed by atoms with Crippen LogP contribution in [0.3, 0.4) is 0 Å². The molecule has 0 spiro atoms. The van der Waals surface area contributed by atoms with Gasteiger partial charge in [-0.05, 0) is 30.5 Å². The third kappa shape index (κ3) is 4.12. The number of hydrogen-bond acceptors (Lipinski definition) is 4. The molecule has 0 radical (unpaired) electrons. The number of halogens is 3. The monoisotopic (exact) mass is 352 g/mol. The zero-order valence-corrected chi connectivity index (χ0v) is 13.7. The zero-order chi connectivity index (χ0) is 17.4. The van der Waals surface area contributed by atoms with Gasteiger partial charge >= 0.3 is 6.36 Å². The molecule has 2 aliphatic rings. The van der Waals surface area contributed by atoms with Gasteiger partial charge in [0.2, 0.25) is 0 Å². The van der Waals surface area contributed by atoms with Crippen molar-refractivity contribution < 1.29 is 17.9 Å². The lowest BCUT2D eigenvalue weighted by molar-refractivity contribution is -0.274. The minimum absolute atomic E-state index is 0.177. The van der Waals surface area contributed by atoms with Crippen molar-refractivity contribution in [3.05, 3.63) is 41.5 Å². The molecule has 8 heteroatoms. The predicted octanol–water partition coefficient (Wildman–Crippen LogP) is 3.11. The number of nitrogens with zero attached hydrogens (tertiary/aromatic N) is 4. The van der Waals surface area contributed by atoms with Gasteiger partial charge in [0.05, 0.1) is 6.54 Å². The van der Waals surface area contributed by atoms with Crippen molar-refractivity contribution in [1.29, 1.82) is 0 Å². The van der Waals surface area contributed by atoms with Crippen LogP contribution >= 0.6 is 0 Å². The Morgan fingerprint density at radius 2 is 2.00 bits per heavy atom. The molecule has 5 nitrogen and oxygen atoms in total. The van der Waals surface area contributed by atoms with E-state index in [1.807, 2.05) is 10.7 Å². The van der Waals surface area contributed by atoms with Crippen molar-refractivity contribution in [2.75, 3.05) is 13.1 Å². The third-order valence-electron chi connectivity index (χ3n) is 4.53. The topological polar surface area (TPSA) is 43.2 Å². The van der Waals surface area contributed by atoms with Gasteiger partial charge in [-0.25, -0.2) is 9.67 Å². The van der Waals surface area contributed by atoms with Crippen LogP contribution < -0.4 is 4.74 Å². The summed E-state index contributed by atoms with van der Waals surface area (Å²) in [5.41, 5.74) is 0.799. The summed E-state index contributed by atoms with van der Waals surface area (Å²) in [5.74, 6) is 2.36. The van der Waals surface area contributed by atoms with Crippen molar-refractivity contribution in [2.45, 2.75) is 44.6 Å². The summed E-state index contributed by atoms with van der Waals surface area (Å²) in [5, 5.41) is 4.60. The Kier molecular flexibility index (Phi) is 4.15.